The molecule has 0 aromatic heterocycles. The molecule has 21 heavy (non-hydrogen) atoms. The molecule has 5 heteroatoms. The molecule has 0 radical (unpaired) electrons. The SMILES string of the molecule is CN(C[C@H]1CCCO1)[C@@H]1CCN(c2ccccc2F)C1=O. The van der Waals surface area contributed by atoms with E-state index in [-0.39, 0.29) is 23.9 Å². The van der Waals surface area contributed by atoms with Crippen LogP contribution in [0.3, 0.4) is 0 Å². The van der Waals surface area contributed by atoms with Crippen molar-refractivity contribution in [1.29, 1.82) is 0 Å². The zero-order valence-electron chi connectivity index (χ0n) is 12.3. The number of rotatable bonds is 4. The molecule has 2 atom stereocenters. The first-order valence-electron chi connectivity index (χ1n) is 7.54. The fourth-order valence-corrected chi connectivity index (χ4v) is 3.22. The second kappa shape index (κ2) is 6.12. The first-order valence-corrected chi connectivity index (χ1v) is 7.54. The van der Waals surface area contributed by atoms with Crippen LogP contribution in [0, 0.1) is 5.82 Å². The summed E-state index contributed by atoms with van der Waals surface area (Å²) in [5.74, 6) is -0.353. The third kappa shape index (κ3) is 2.94. The van der Waals surface area contributed by atoms with Gasteiger partial charge in [-0.2, -0.15) is 0 Å². The number of anilines is 1. The molecule has 1 aromatic carbocycles. The van der Waals surface area contributed by atoms with Crippen molar-refractivity contribution in [3.63, 3.8) is 0 Å². The standard InChI is InChI=1S/C16H21FN2O2/c1-18(11-12-5-4-10-21-12)15-8-9-19(16(15)20)14-7-3-2-6-13(14)17/h2-3,6-7,12,15H,4-5,8-11H2,1H3/t12-,15-/m1/s1. The van der Waals surface area contributed by atoms with Gasteiger partial charge in [0.15, 0.2) is 0 Å². The molecule has 0 saturated carbocycles. The molecular formula is C16H21FN2O2. The number of benzene rings is 1. The number of carbonyl (C=O) groups is 1. The summed E-state index contributed by atoms with van der Waals surface area (Å²) in [5.41, 5.74) is 0.385. The number of para-hydroxylation sites is 1. The summed E-state index contributed by atoms with van der Waals surface area (Å²) in [6.07, 6.45) is 3.11. The highest BCUT2D eigenvalue weighted by Crippen LogP contribution is 2.26. The van der Waals surface area contributed by atoms with Crippen LogP contribution in [0.2, 0.25) is 0 Å². The molecule has 1 aromatic rings. The van der Waals surface area contributed by atoms with E-state index >= 15 is 0 Å². The maximum atomic E-state index is 13.8. The van der Waals surface area contributed by atoms with Crippen molar-refractivity contribution in [3.05, 3.63) is 30.1 Å². The Hall–Kier alpha value is -1.46. The van der Waals surface area contributed by atoms with Gasteiger partial charge in [0, 0.05) is 19.7 Å². The molecule has 0 aliphatic carbocycles. The van der Waals surface area contributed by atoms with Gasteiger partial charge < -0.3 is 9.64 Å². The molecule has 3 rings (SSSR count). The van der Waals surface area contributed by atoms with Crippen LogP contribution >= 0.6 is 0 Å². The smallest absolute Gasteiger partial charge is 0.244 e. The minimum atomic E-state index is -0.340. The van der Waals surface area contributed by atoms with Gasteiger partial charge in [0.2, 0.25) is 5.91 Å². The number of likely N-dealkylation sites (N-methyl/N-ethyl adjacent to an activating group) is 1. The molecule has 0 N–H and O–H groups in total. The molecule has 0 unspecified atom stereocenters. The van der Waals surface area contributed by atoms with E-state index in [1.807, 2.05) is 7.05 Å². The van der Waals surface area contributed by atoms with Crippen molar-refractivity contribution in [2.45, 2.75) is 31.4 Å². The fourth-order valence-electron chi connectivity index (χ4n) is 3.22. The van der Waals surface area contributed by atoms with Crippen molar-refractivity contribution >= 4 is 11.6 Å². The van der Waals surface area contributed by atoms with Gasteiger partial charge in [0.1, 0.15) is 5.82 Å². The minimum Gasteiger partial charge on any atom is -0.377 e. The number of nitrogens with zero attached hydrogens (tertiary/aromatic N) is 2. The van der Waals surface area contributed by atoms with Crippen molar-refractivity contribution in [2.75, 3.05) is 31.6 Å². The van der Waals surface area contributed by atoms with E-state index in [0.29, 0.717) is 12.2 Å². The number of amides is 1. The fraction of sp³-hybridized carbons (Fsp3) is 0.562. The Kier molecular flexibility index (Phi) is 4.22. The van der Waals surface area contributed by atoms with Crippen LogP contribution in [-0.2, 0) is 9.53 Å². The van der Waals surface area contributed by atoms with Gasteiger partial charge in [0.25, 0.3) is 0 Å². The summed E-state index contributed by atoms with van der Waals surface area (Å²) in [5, 5.41) is 0. The summed E-state index contributed by atoms with van der Waals surface area (Å²) < 4.78 is 19.5. The summed E-state index contributed by atoms with van der Waals surface area (Å²) in [6, 6.07) is 6.28. The number of carbonyl (C=O) groups excluding carboxylic acids is 1. The molecule has 114 valence electrons. The number of halogens is 1. The Labute approximate surface area is 124 Å². The summed E-state index contributed by atoms with van der Waals surface area (Å²) in [7, 11) is 1.95. The highest BCUT2D eigenvalue weighted by Gasteiger charge is 2.37. The predicted molar refractivity (Wildman–Crippen MR) is 78.8 cm³/mol. The molecule has 2 aliphatic heterocycles. The summed E-state index contributed by atoms with van der Waals surface area (Å²) in [6.45, 7) is 2.15. The van der Waals surface area contributed by atoms with E-state index in [4.69, 9.17) is 4.74 Å². The van der Waals surface area contributed by atoms with Crippen LogP contribution in [-0.4, -0.2) is 49.7 Å². The second-order valence-electron chi connectivity index (χ2n) is 5.82. The number of ether oxygens (including phenoxy) is 1. The lowest BCUT2D eigenvalue weighted by Crippen LogP contribution is -2.43. The van der Waals surface area contributed by atoms with Gasteiger partial charge >= 0.3 is 0 Å². The van der Waals surface area contributed by atoms with Crippen molar-refractivity contribution in [2.24, 2.45) is 0 Å². The quantitative estimate of drug-likeness (QED) is 0.851. The second-order valence-corrected chi connectivity index (χ2v) is 5.82. The summed E-state index contributed by atoms with van der Waals surface area (Å²) in [4.78, 5) is 16.2. The summed E-state index contributed by atoms with van der Waals surface area (Å²) >= 11 is 0. The van der Waals surface area contributed by atoms with Crippen LogP contribution in [0.1, 0.15) is 19.3 Å². The Morgan fingerprint density at radius 3 is 2.90 bits per heavy atom. The third-order valence-electron chi connectivity index (χ3n) is 4.37. The van der Waals surface area contributed by atoms with E-state index in [9.17, 15) is 9.18 Å². The van der Waals surface area contributed by atoms with Crippen molar-refractivity contribution in [1.82, 2.24) is 4.90 Å². The lowest BCUT2D eigenvalue weighted by Gasteiger charge is -2.26. The Balaban J connectivity index is 1.67. The molecule has 4 nitrogen and oxygen atoms in total. The lowest BCUT2D eigenvalue weighted by atomic mass is 10.2. The average Bonchev–Trinajstić information content (AvgIpc) is 3.09. The Morgan fingerprint density at radius 2 is 2.19 bits per heavy atom. The number of hydrogen-bond donors (Lipinski definition) is 0. The van der Waals surface area contributed by atoms with Crippen LogP contribution in [0.5, 0.6) is 0 Å². The van der Waals surface area contributed by atoms with Crippen LogP contribution in [0.4, 0.5) is 10.1 Å². The molecule has 2 heterocycles. The van der Waals surface area contributed by atoms with E-state index in [2.05, 4.69) is 4.90 Å². The van der Waals surface area contributed by atoms with Gasteiger partial charge in [-0.1, -0.05) is 12.1 Å². The van der Waals surface area contributed by atoms with Gasteiger partial charge in [-0.15, -0.1) is 0 Å². The molecule has 2 fully saturated rings. The molecule has 2 aliphatic rings. The largest absolute Gasteiger partial charge is 0.377 e. The zero-order valence-corrected chi connectivity index (χ0v) is 12.3. The van der Waals surface area contributed by atoms with Gasteiger partial charge in [-0.3, -0.25) is 9.69 Å². The highest BCUT2D eigenvalue weighted by atomic mass is 19.1. The Bertz CT molecular complexity index is 517. The molecule has 2 saturated heterocycles. The van der Waals surface area contributed by atoms with Gasteiger partial charge in [-0.05, 0) is 38.4 Å². The van der Waals surface area contributed by atoms with Crippen molar-refractivity contribution in [3.8, 4) is 0 Å². The molecule has 1 amide bonds. The molecule has 0 spiro atoms. The third-order valence-corrected chi connectivity index (χ3v) is 4.37. The van der Waals surface area contributed by atoms with Gasteiger partial charge in [-0.25, -0.2) is 4.39 Å². The highest BCUT2D eigenvalue weighted by molar-refractivity contribution is 5.99. The van der Waals surface area contributed by atoms with Crippen LogP contribution < -0.4 is 4.90 Å². The van der Waals surface area contributed by atoms with Crippen LogP contribution in [0.15, 0.2) is 24.3 Å². The van der Waals surface area contributed by atoms with E-state index in [1.165, 1.54) is 6.07 Å². The molecular weight excluding hydrogens is 271 g/mol. The van der Waals surface area contributed by atoms with Crippen molar-refractivity contribution < 1.29 is 13.9 Å². The maximum Gasteiger partial charge on any atom is 0.244 e. The normalized spacial score (nSPS) is 26.0. The Morgan fingerprint density at radius 1 is 1.38 bits per heavy atom. The van der Waals surface area contributed by atoms with Gasteiger partial charge in [0.05, 0.1) is 17.8 Å². The predicted octanol–water partition coefficient (Wildman–Crippen LogP) is 2.04. The van der Waals surface area contributed by atoms with E-state index in [0.717, 1.165) is 32.4 Å². The first kappa shape index (κ1) is 14.5. The first-order chi connectivity index (χ1) is 10.2. The average molecular weight is 292 g/mol. The van der Waals surface area contributed by atoms with E-state index < -0.39 is 0 Å². The van der Waals surface area contributed by atoms with E-state index in [1.54, 1.807) is 23.1 Å². The van der Waals surface area contributed by atoms with Crippen LogP contribution in [0.25, 0.3) is 0 Å². The lowest BCUT2D eigenvalue weighted by molar-refractivity contribution is -0.121. The maximum absolute atomic E-state index is 13.8. The topological polar surface area (TPSA) is 32.8 Å². The minimum absolute atomic E-state index is 0.0133. The zero-order chi connectivity index (χ0) is 14.8. The number of hydrogen-bond acceptors (Lipinski definition) is 3. The monoisotopic (exact) mass is 292 g/mol. The molecule has 0 bridgehead atoms.